The molecule has 2 aliphatic heterocycles. The summed E-state index contributed by atoms with van der Waals surface area (Å²) in [7, 11) is 0. The van der Waals surface area contributed by atoms with Gasteiger partial charge in [-0.2, -0.15) is 0 Å². The molecular weight excluding hydrogens is 256 g/mol. The lowest BCUT2D eigenvalue weighted by Gasteiger charge is -2.56. The summed E-state index contributed by atoms with van der Waals surface area (Å²) in [4.78, 5) is 3.02. The van der Waals surface area contributed by atoms with E-state index in [9.17, 15) is 0 Å². The maximum absolute atomic E-state index is 6.34. The van der Waals surface area contributed by atoms with Crippen LogP contribution in [0.3, 0.4) is 0 Å². The van der Waals surface area contributed by atoms with Crippen LogP contribution in [0.4, 0.5) is 0 Å². The van der Waals surface area contributed by atoms with E-state index in [0.717, 1.165) is 41.3 Å². The van der Waals surface area contributed by atoms with Crippen LogP contribution in [-0.4, -0.2) is 29.1 Å². The number of hydrogen-bond donors (Lipinski definition) is 1. The van der Waals surface area contributed by atoms with Gasteiger partial charge in [-0.25, -0.2) is 0 Å². The van der Waals surface area contributed by atoms with Crippen LogP contribution in [0.15, 0.2) is 0 Å². The van der Waals surface area contributed by atoms with Crippen molar-refractivity contribution in [1.29, 1.82) is 0 Å². The second-order valence-electron chi connectivity index (χ2n) is 9.48. The van der Waals surface area contributed by atoms with Gasteiger partial charge in [-0.05, 0) is 81.0 Å². The van der Waals surface area contributed by atoms with E-state index in [1.54, 1.807) is 19.3 Å². The fourth-order valence-corrected chi connectivity index (χ4v) is 7.52. The highest BCUT2D eigenvalue weighted by Crippen LogP contribution is 2.67. The Balaban J connectivity index is 1.40. The smallest absolute Gasteiger partial charge is 0.0116 e. The first-order valence-corrected chi connectivity index (χ1v) is 9.66. The second-order valence-corrected chi connectivity index (χ2v) is 9.48. The number of nitrogens with two attached hydrogens (primary N) is 1. The van der Waals surface area contributed by atoms with Crippen LogP contribution in [0, 0.1) is 23.2 Å². The lowest BCUT2D eigenvalue weighted by Crippen LogP contribution is -2.60. The Labute approximate surface area is 129 Å². The molecule has 0 aromatic heterocycles. The Hall–Kier alpha value is -0.0800. The first kappa shape index (κ1) is 13.4. The summed E-state index contributed by atoms with van der Waals surface area (Å²) in [6, 6.07) is 3.06. The Morgan fingerprint density at radius 1 is 0.857 bits per heavy atom. The third-order valence-electron chi connectivity index (χ3n) is 8.43. The van der Waals surface area contributed by atoms with E-state index in [1.165, 1.54) is 44.9 Å². The molecule has 2 heterocycles. The van der Waals surface area contributed by atoms with Gasteiger partial charge in [0.25, 0.3) is 0 Å². The molecule has 7 atom stereocenters. The molecule has 21 heavy (non-hydrogen) atoms. The fourth-order valence-electron chi connectivity index (χ4n) is 7.52. The first-order valence-electron chi connectivity index (χ1n) is 9.66. The molecule has 2 heteroatoms. The highest BCUT2D eigenvalue weighted by atomic mass is 15.2. The van der Waals surface area contributed by atoms with E-state index in [0.29, 0.717) is 6.04 Å². The number of nitrogens with zero attached hydrogens (tertiary/aromatic N) is 1. The zero-order valence-corrected chi connectivity index (χ0v) is 13.6. The van der Waals surface area contributed by atoms with Gasteiger partial charge in [0, 0.05) is 24.2 Å². The predicted molar refractivity (Wildman–Crippen MR) is 85.9 cm³/mol. The second kappa shape index (κ2) is 4.47. The molecule has 3 aliphatic carbocycles. The average molecular weight is 288 g/mol. The minimum absolute atomic E-state index is 0.490. The van der Waals surface area contributed by atoms with Gasteiger partial charge in [-0.1, -0.05) is 13.3 Å². The van der Waals surface area contributed by atoms with Crippen molar-refractivity contribution in [2.24, 2.45) is 28.9 Å². The zero-order valence-electron chi connectivity index (χ0n) is 13.6. The molecular formula is C19H32N2. The molecule has 5 fully saturated rings. The lowest BCUT2D eigenvalue weighted by atomic mass is 9.54. The molecule has 0 spiro atoms. The van der Waals surface area contributed by atoms with Crippen molar-refractivity contribution >= 4 is 0 Å². The van der Waals surface area contributed by atoms with Gasteiger partial charge in [0.15, 0.2) is 0 Å². The molecule has 4 bridgehead atoms. The van der Waals surface area contributed by atoms with E-state index >= 15 is 0 Å². The van der Waals surface area contributed by atoms with Crippen molar-refractivity contribution < 1.29 is 0 Å². The topological polar surface area (TPSA) is 29.3 Å². The Morgan fingerprint density at radius 2 is 1.57 bits per heavy atom. The quantitative estimate of drug-likeness (QED) is 0.799. The van der Waals surface area contributed by atoms with Gasteiger partial charge in [0.1, 0.15) is 0 Å². The van der Waals surface area contributed by atoms with Crippen LogP contribution in [0.25, 0.3) is 0 Å². The van der Waals surface area contributed by atoms with Crippen LogP contribution in [-0.2, 0) is 0 Å². The number of fused-ring (bicyclic) bond motifs is 3. The number of rotatable bonds is 1. The van der Waals surface area contributed by atoms with Gasteiger partial charge >= 0.3 is 0 Å². The van der Waals surface area contributed by atoms with E-state index in [2.05, 4.69) is 11.8 Å². The van der Waals surface area contributed by atoms with Crippen LogP contribution in [0.1, 0.15) is 71.1 Å². The molecule has 2 nitrogen and oxygen atoms in total. The summed E-state index contributed by atoms with van der Waals surface area (Å²) in [5.41, 5.74) is 7.09. The molecule has 0 aromatic rings. The highest BCUT2D eigenvalue weighted by Gasteiger charge is 2.59. The third-order valence-corrected chi connectivity index (χ3v) is 8.43. The van der Waals surface area contributed by atoms with Crippen LogP contribution >= 0.6 is 0 Å². The molecule has 2 saturated heterocycles. The fraction of sp³-hybridized carbons (Fsp3) is 1.00. The van der Waals surface area contributed by atoms with E-state index in [-0.39, 0.29) is 0 Å². The summed E-state index contributed by atoms with van der Waals surface area (Å²) >= 11 is 0. The summed E-state index contributed by atoms with van der Waals surface area (Å²) in [5, 5.41) is 0. The summed E-state index contributed by atoms with van der Waals surface area (Å²) < 4.78 is 0. The molecule has 5 rings (SSSR count). The average Bonchev–Trinajstić information content (AvgIpc) is 2.57. The van der Waals surface area contributed by atoms with Gasteiger partial charge in [-0.15, -0.1) is 0 Å². The van der Waals surface area contributed by atoms with Crippen LogP contribution in [0.2, 0.25) is 0 Å². The minimum atomic E-state index is 0.490. The molecule has 0 radical (unpaired) electrons. The van der Waals surface area contributed by atoms with Crippen molar-refractivity contribution in [3.05, 3.63) is 0 Å². The lowest BCUT2D eigenvalue weighted by molar-refractivity contribution is -0.0615. The number of piperidine rings is 2. The molecule has 7 unspecified atom stereocenters. The maximum Gasteiger partial charge on any atom is 0.0116 e. The summed E-state index contributed by atoms with van der Waals surface area (Å²) in [6.45, 7) is 2.63. The third kappa shape index (κ3) is 1.84. The number of hydrogen-bond acceptors (Lipinski definition) is 2. The van der Waals surface area contributed by atoms with Gasteiger partial charge in [0.2, 0.25) is 0 Å². The van der Waals surface area contributed by atoms with Gasteiger partial charge in [-0.3, -0.25) is 4.90 Å². The Morgan fingerprint density at radius 3 is 2.33 bits per heavy atom. The molecule has 5 aliphatic rings. The largest absolute Gasteiger partial charge is 0.328 e. The van der Waals surface area contributed by atoms with Crippen molar-refractivity contribution in [3.8, 4) is 0 Å². The molecule has 2 N–H and O–H groups in total. The Kier molecular flexibility index (Phi) is 2.85. The normalized spacial score (nSPS) is 59.4. The summed E-state index contributed by atoms with van der Waals surface area (Å²) in [5.74, 6) is 3.20. The predicted octanol–water partition coefficient (Wildman–Crippen LogP) is 3.55. The monoisotopic (exact) mass is 288 g/mol. The van der Waals surface area contributed by atoms with Gasteiger partial charge < -0.3 is 5.73 Å². The summed E-state index contributed by atoms with van der Waals surface area (Å²) in [6.07, 6.45) is 14.6. The van der Waals surface area contributed by atoms with Crippen LogP contribution in [0.5, 0.6) is 0 Å². The van der Waals surface area contributed by atoms with E-state index in [4.69, 9.17) is 5.73 Å². The molecule has 0 aromatic carbocycles. The molecule has 118 valence electrons. The van der Waals surface area contributed by atoms with E-state index in [1.807, 2.05) is 0 Å². The molecule has 0 amide bonds. The van der Waals surface area contributed by atoms with Gasteiger partial charge in [0.05, 0.1) is 0 Å². The molecule has 3 saturated carbocycles. The van der Waals surface area contributed by atoms with E-state index < -0.39 is 0 Å². The van der Waals surface area contributed by atoms with Crippen LogP contribution < -0.4 is 5.73 Å². The maximum atomic E-state index is 6.34. The van der Waals surface area contributed by atoms with Crippen molar-refractivity contribution in [2.75, 3.05) is 0 Å². The zero-order chi connectivity index (χ0) is 14.2. The highest BCUT2D eigenvalue weighted by molar-refractivity contribution is 5.10. The van der Waals surface area contributed by atoms with Crippen molar-refractivity contribution in [1.82, 2.24) is 4.90 Å². The minimum Gasteiger partial charge on any atom is -0.328 e. The SMILES string of the molecule is CC12CC3CC(N4C5CCCC4CC(N)C5)CC1CC2C3. The van der Waals surface area contributed by atoms with Crippen molar-refractivity contribution in [3.63, 3.8) is 0 Å². The first-order chi connectivity index (χ1) is 10.1. The van der Waals surface area contributed by atoms with Crippen molar-refractivity contribution in [2.45, 2.75) is 95.3 Å². The Bertz CT molecular complexity index is 421. The standard InChI is InChI=1S/C19H32N2/c1-19-11-12-5-13(19)7-14(19)8-18(6-12)21-16-3-2-4-17(21)10-15(20)9-16/h12-18H,2-11,20H2,1H3.